The van der Waals surface area contributed by atoms with Crippen LogP contribution in [0.4, 0.5) is 11.4 Å². The average molecular weight is 440 g/mol. The number of para-hydroxylation sites is 2. The molecular weight excluding hydrogens is 418 g/mol. The number of halogens is 1. The summed E-state index contributed by atoms with van der Waals surface area (Å²) in [5.41, 5.74) is 2.78. The minimum Gasteiger partial charge on any atom is -0.451 e. The minimum atomic E-state index is -0.245. The van der Waals surface area contributed by atoms with Crippen molar-refractivity contribution in [2.24, 2.45) is 0 Å². The predicted octanol–water partition coefficient (Wildman–Crippen LogP) is 4.71. The monoisotopic (exact) mass is 439 g/mol. The number of likely N-dealkylation sites (N-methyl/N-ethyl adjacent to an activating group) is 1. The van der Waals surface area contributed by atoms with Crippen molar-refractivity contribution in [1.82, 2.24) is 4.90 Å². The topological polar surface area (TPSA) is 48.7 Å². The van der Waals surface area contributed by atoms with Crippen molar-refractivity contribution in [3.63, 3.8) is 0 Å². The van der Waals surface area contributed by atoms with Crippen molar-refractivity contribution in [1.29, 1.82) is 0 Å². The summed E-state index contributed by atoms with van der Waals surface area (Å²) < 4.78 is 6.80. The Hall–Kier alpha value is -2.57. The SMILES string of the molecule is CN1CCN(c2ccccc2NC(=O)c2ccc(-c3ccc(Br)cc3)o2)CC1. The number of carbonyl (C=O) groups is 1. The second kappa shape index (κ2) is 8.20. The third kappa shape index (κ3) is 4.13. The Kier molecular flexibility index (Phi) is 5.50. The maximum Gasteiger partial charge on any atom is 0.291 e. The second-order valence-electron chi connectivity index (χ2n) is 6.93. The lowest BCUT2D eigenvalue weighted by Gasteiger charge is -2.35. The highest BCUT2D eigenvalue weighted by Gasteiger charge is 2.19. The molecule has 3 aromatic rings. The van der Waals surface area contributed by atoms with Crippen LogP contribution < -0.4 is 10.2 Å². The molecule has 28 heavy (non-hydrogen) atoms. The van der Waals surface area contributed by atoms with Gasteiger partial charge in [-0.3, -0.25) is 4.79 Å². The summed E-state index contributed by atoms with van der Waals surface area (Å²) in [6.07, 6.45) is 0. The molecule has 4 rings (SSSR count). The van der Waals surface area contributed by atoms with Crippen molar-refractivity contribution in [3.8, 4) is 11.3 Å². The molecule has 6 heteroatoms. The van der Waals surface area contributed by atoms with Gasteiger partial charge in [-0.1, -0.05) is 40.2 Å². The van der Waals surface area contributed by atoms with Gasteiger partial charge in [0, 0.05) is 36.2 Å². The van der Waals surface area contributed by atoms with Gasteiger partial charge < -0.3 is 19.5 Å². The zero-order valence-corrected chi connectivity index (χ0v) is 17.3. The summed E-state index contributed by atoms with van der Waals surface area (Å²) in [4.78, 5) is 17.4. The lowest BCUT2D eigenvalue weighted by Crippen LogP contribution is -2.44. The van der Waals surface area contributed by atoms with Crippen LogP contribution >= 0.6 is 15.9 Å². The number of anilines is 2. The van der Waals surface area contributed by atoms with Gasteiger partial charge in [0.15, 0.2) is 5.76 Å². The van der Waals surface area contributed by atoms with Crippen LogP contribution in [-0.2, 0) is 0 Å². The molecule has 0 unspecified atom stereocenters. The smallest absolute Gasteiger partial charge is 0.291 e. The molecule has 1 saturated heterocycles. The maximum absolute atomic E-state index is 12.8. The number of nitrogens with zero attached hydrogens (tertiary/aromatic N) is 2. The molecule has 0 saturated carbocycles. The number of amides is 1. The number of carbonyl (C=O) groups excluding carboxylic acids is 1. The van der Waals surface area contributed by atoms with Crippen molar-refractivity contribution >= 4 is 33.2 Å². The van der Waals surface area contributed by atoms with Gasteiger partial charge in [-0.2, -0.15) is 0 Å². The van der Waals surface area contributed by atoms with Gasteiger partial charge in [0.1, 0.15) is 5.76 Å². The molecule has 0 spiro atoms. The number of piperazine rings is 1. The molecular formula is C22H22BrN3O2. The summed E-state index contributed by atoms with van der Waals surface area (Å²) in [5.74, 6) is 0.723. The molecule has 1 N–H and O–H groups in total. The molecule has 2 aromatic carbocycles. The molecule has 1 aliphatic heterocycles. The van der Waals surface area contributed by atoms with Crippen molar-refractivity contribution in [3.05, 3.63) is 70.9 Å². The van der Waals surface area contributed by atoms with E-state index < -0.39 is 0 Å². The van der Waals surface area contributed by atoms with Gasteiger partial charge >= 0.3 is 0 Å². The number of furan rings is 1. The Morgan fingerprint density at radius 2 is 1.68 bits per heavy atom. The van der Waals surface area contributed by atoms with Crippen LogP contribution in [0.15, 0.2) is 69.6 Å². The van der Waals surface area contributed by atoms with E-state index in [1.807, 2.05) is 48.5 Å². The van der Waals surface area contributed by atoms with Crippen molar-refractivity contribution in [2.75, 3.05) is 43.4 Å². The summed E-state index contributed by atoms with van der Waals surface area (Å²) in [6, 6.07) is 19.3. The van der Waals surface area contributed by atoms with Gasteiger partial charge in [0.25, 0.3) is 5.91 Å². The number of hydrogen-bond acceptors (Lipinski definition) is 4. The number of nitrogens with one attached hydrogen (secondary N) is 1. The van der Waals surface area contributed by atoms with Crippen LogP contribution in [0.5, 0.6) is 0 Å². The first-order valence-electron chi connectivity index (χ1n) is 9.30. The van der Waals surface area contributed by atoms with Gasteiger partial charge in [-0.25, -0.2) is 0 Å². The summed E-state index contributed by atoms with van der Waals surface area (Å²) >= 11 is 3.42. The van der Waals surface area contributed by atoms with E-state index >= 15 is 0 Å². The Balaban J connectivity index is 1.51. The summed E-state index contributed by atoms with van der Waals surface area (Å²) in [7, 11) is 2.13. The summed E-state index contributed by atoms with van der Waals surface area (Å²) in [6.45, 7) is 3.91. The maximum atomic E-state index is 12.8. The largest absolute Gasteiger partial charge is 0.451 e. The molecule has 1 aliphatic rings. The Bertz CT molecular complexity index is 960. The van der Waals surface area contributed by atoms with Crippen LogP contribution in [-0.4, -0.2) is 44.0 Å². The highest BCUT2D eigenvalue weighted by atomic mass is 79.9. The quantitative estimate of drug-likeness (QED) is 0.639. The van der Waals surface area contributed by atoms with Crippen molar-refractivity contribution in [2.45, 2.75) is 0 Å². The molecule has 1 fully saturated rings. The standard InChI is InChI=1S/C22H22BrN3O2/c1-25-12-14-26(15-13-25)19-5-3-2-4-18(19)24-22(27)21-11-10-20(28-21)16-6-8-17(23)9-7-16/h2-11H,12-15H2,1H3,(H,24,27). The van der Waals surface area contributed by atoms with E-state index in [0.29, 0.717) is 11.5 Å². The fourth-order valence-electron chi connectivity index (χ4n) is 3.32. The molecule has 0 aliphatic carbocycles. The molecule has 1 aromatic heterocycles. The Morgan fingerprint density at radius 1 is 0.964 bits per heavy atom. The lowest BCUT2D eigenvalue weighted by molar-refractivity contribution is 0.0997. The van der Waals surface area contributed by atoms with E-state index in [0.717, 1.165) is 47.6 Å². The van der Waals surface area contributed by atoms with Gasteiger partial charge in [-0.05, 0) is 43.4 Å². The third-order valence-electron chi connectivity index (χ3n) is 4.95. The highest BCUT2D eigenvalue weighted by Crippen LogP contribution is 2.28. The Labute approximate surface area is 173 Å². The van der Waals surface area contributed by atoms with Crippen molar-refractivity contribution < 1.29 is 9.21 Å². The predicted molar refractivity (Wildman–Crippen MR) is 116 cm³/mol. The number of hydrogen-bond donors (Lipinski definition) is 1. The summed E-state index contributed by atoms with van der Waals surface area (Å²) in [5, 5.41) is 3.01. The van der Waals surface area contributed by atoms with Gasteiger partial charge in [0.2, 0.25) is 0 Å². The average Bonchev–Trinajstić information content (AvgIpc) is 3.20. The van der Waals surface area contributed by atoms with E-state index in [-0.39, 0.29) is 5.91 Å². The van der Waals surface area contributed by atoms with Crippen LogP contribution in [0, 0.1) is 0 Å². The van der Waals surface area contributed by atoms with Gasteiger partial charge in [-0.15, -0.1) is 0 Å². The first-order chi connectivity index (χ1) is 13.6. The Morgan fingerprint density at radius 3 is 2.43 bits per heavy atom. The van der Waals surface area contributed by atoms with Crippen LogP contribution in [0.25, 0.3) is 11.3 Å². The molecule has 5 nitrogen and oxygen atoms in total. The molecule has 0 atom stereocenters. The van der Waals surface area contributed by atoms with E-state index in [4.69, 9.17) is 4.42 Å². The molecule has 1 amide bonds. The molecule has 2 heterocycles. The minimum absolute atomic E-state index is 0.245. The second-order valence-corrected chi connectivity index (χ2v) is 7.85. The zero-order chi connectivity index (χ0) is 19.5. The van der Waals surface area contributed by atoms with Crippen LogP contribution in [0.3, 0.4) is 0 Å². The molecule has 0 bridgehead atoms. The third-order valence-corrected chi connectivity index (χ3v) is 5.48. The van der Waals surface area contributed by atoms with E-state index in [1.54, 1.807) is 6.07 Å². The normalized spacial score (nSPS) is 14.9. The zero-order valence-electron chi connectivity index (χ0n) is 15.7. The fraction of sp³-hybridized carbons (Fsp3) is 0.227. The van der Waals surface area contributed by atoms with E-state index in [1.165, 1.54) is 0 Å². The van der Waals surface area contributed by atoms with E-state index in [2.05, 4.69) is 44.2 Å². The number of benzene rings is 2. The van der Waals surface area contributed by atoms with Gasteiger partial charge in [0.05, 0.1) is 11.4 Å². The van der Waals surface area contributed by atoms with E-state index in [9.17, 15) is 4.79 Å². The number of rotatable bonds is 4. The van der Waals surface area contributed by atoms with Crippen LogP contribution in [0.2, 0.25) is 0 Å². The first-order valence-corrected chi connectivity index (χ1v) is 10.1. The highest BCUT2D eigenvalue weighted by molar-refractivity contribution is 9.10. The van der Waals surface area contributed by atoms with Crippen LogP contribution in [0.1, 0.15) is 10.6 Å². The molecule has 144 valence electrons. The fourth-order valence-corrected chi connectivity index (χ4v) is 3.58. The molecule has 0 radical (unpaired) electrons. The first kappa shape index (κ1) is 18.8. The lowest BCUT2D eigenvalue weighted by atomic mass is 10.2.